The zero-order valence-corrected chi connectivity index (χ0v) is 10.5. The van der Waals surface area contributed by atoms with Crippen LogP contribution in [0.2, 0.25) is 0 Å². The predicted molar refractivity (Wildman–Crippen MR) is 68.2 cm³/mol. The summed E-state index contributed by atoms with van der Waals surface area (Å²) in [7, 11) is 0. The molecule has 18 heavy (non-hydrogen) atoms. The topological polar surface area (TPSA) is 60.6 Å². The number of pyridine rings is 1. The minimum absolute atomic E-state index is 0.317. The van der Waals surface area contributed by atoms with Gasteiger partial charge < -0.3 is 20.1 Å². The molecule has 3 heterocycles. The number of hydrogen-bond donors (Lipinski definition) is 1. The molecule has 0 radical (unpaired) electrons. The highest BCUT2D eigenvalue weighted by atomic mass is 16.7. The molecule has 2 aliphatic rings. The second-order valence-electron chi connectivity index (χ2n) is 4.79. The lowest BCUT2D eigenvalue weighted by Crippen LogP contribution is -2.45. The van der Waals surface area contributed by atoms with Crippen molar-refractivity contribution in [2.24, 2.45) is 5.73 Å². The van der Waals surface area contributed by atoms with Crippen LogP contribution >= 0.6 is 0 Å². The first-order valence-corrected chi connectivity index (χ1v) is 6.50. The van der Waals surface area contributed by atoms with E-state index < -0.39 is 0 Å². The Morgan fingerprint density at radius 3 is 2.61 bits per heavy atom. The fraction of sp³-hybridized carbons (Fsp3) is 0.615. The lowest BCUT2D eigenvalue weighted by atomic mass is 10.0. The smallest absolute Gasteiger partial charge is 0.171 e. The Hall–Kier alpha value is -1.17. The molecule has 0 aromatic carbocycles. The van der Waals surface area contributed by atoms with Crippen molar-refractivity contribution in [3.63, 3.8) is 0 Å². The highest BCUT2D eigenvalue weighted by Crippen LogP contribution is 2.32. The van der Waals surface area contributed by atoms with Crippen molar-refractivity contribution in [1.82, 2.24) is 4.98 Å². The molecule has 1 aromatic heterocycles. The first kappa shape index (κ1) is 11.9. The largest absolute Gasteiger partial charge is 0.356 e. The molecule has 2 N–H and O–H groups in total. The summed E-state index contributed by atoms with van der Waals surface area (Å²) in [6.45, 7) is 3.77. The second-order valence-corrected chi connectivity index (χ2v) is 4.79. The molecule has 1 spiro atoms. The number of ether oxygens (including phenoxy) is 2. The van der Waals surface area contributed by atoms with Gasteiger partial charge in [-0.3, -0.25) is 0 Å². The first-order chi connectivity index (χ1) is 8.81. The van der Waals surface area contributed by atoms with E-state index in [1.807, 2.05) is 18.2 Å². The van der Waals surface area contributed by atoms with E-state index in [1.165, 1.54) is 0 Å². The summed E-state index contributed by atoms with van der Waals surface area (Å²) in [5.41, 5.74) is 6.55. The third-order valence-corrected chi connectivity index (χ3v) is 3.66. The van der Waals surface area contributed by atoms with E-state index in [1.54, 1.807) is 0 Å². The van der Waals surface area contributed by atoms with Gasteiger partial charge in [0, 0.05) is 32.5 Å². The van der Waals surface area contributed by atoms with Crippen LogP contribution in [0.3, 0.4) is 0 Å². The molecule has 0 bridgehead atoms. The molecule has 1 aromatic rings. The average molecular weight is 249 g/mol. The number of anilines is 1. The van der Waals surface area contributed by atoms with Gasteiger partial charge in [-0.1, -0.05) is 6.07 Å². The van der Waals surface area contributed by atoms with Gasteiger partial charge in [0.2, 0.25) is 0 Å². The van der Waals surface area contributed by atoms with Crippen molar-refractivity contribution >= 4 is 5.82 Å². The molecule has 98 valence electrons. The number of nitrogens with zero attached hydrogens (tertiary/aromatic N) is 2. The van der Waals surface area contributed by atoms with Crippen LogP contribution in [0, 0.1) is 0 Å². The van der Waals surface area contributed by atoms with E-state index in [4.69, 9.17) is 15.2 Å². The van der Waals surface area contributed by atoms with Gasteiger partial charge in [0.25, 0.3) is 0 Å². The Morgan fingerprint density at radius 1 is 1.22 bits per heavy atom. The van der Waals surface area contributed by atoms with Crippen LogP contribution in [0.25, 0.3) is 0 Å². The summed E-state index contributed by atoms with van der Waals surface area (Å²) in [4.78, 5) is 6.82. The Balaban J connectivity index is 1.68. The summed E-state index contributed by atoms with van der Waals surface area (Å²) in [5, 5.41) is 0. The van der Waals surface area contributed by atoms with Crippen LogP contribution in [0.4, 0.5) is 5.82 Å². The van der Waals surface area contributed by atoms with Gasteiger partial charge in [0.05, 0.1) is 18.9 Å². The highest BCUT2D eigenvalue weighted by Gasteiger charge is 2.39. The molecule has 2 saturated heterocycles. The summed E-state index contributed by atoms with van der Waals surface area (Å²) >= 11 is 0. The second kappa shape index (κ2) is 4.84. The number of nitrogens with two attached hydrogens (primary N) is 1. The maximum absolute atomic E-state index is 5.72. The van der Waals surface area contributed by atoms with Crippen LogP contribution in [-0.2, 0) is 16.0 Å². The van der Waals surface area contributed by atoms with Crippen molar-refractivity contribution in [3.05, 3.63) is 23.9 Å². The molecular weight excluding hydrogens is 230 g/mol. The standard InChI is InChI=1S/C13H19N3O2/c14-10-11-2-1-3-12(15-11)16-6-4-13(5-7-16)17-8-9-18-13/h1-3H,4-10,14H2. The summed E-state index contributed by atoms with van der Waals surface area (Å²) in [6, 6.07) is 6.00. The average Bonchev–Trinajstić information content (AvgIpc) is 2.88. The number of rotatable bonds is 2. The van der Waals surface area contributed by atoms with Crippen molar-refractivity contribution in [2.45, 2.75) is 25.2 Å². The molecule has 0 saturated carbocycles. The normalized spacial score (nSPS) is 22.6. The fourth-order valence-corrected chi connectivity index (χ4v) is 2.62. The van der Waals surface area contributed by atoms with E-state index in [2.05, 4.69) is 9.88 Å². The SMILES string of the molecule is NCc1cccc(N2CCC3(CC2)OCCO3)n1. The monoisotopic (exact) mass is 249 g/mol. The molecule has 2 aliphatic heterocycles. The van der Waals surface area contributed by atoms with Crippen LogP contribution in [0.15, 0.2) is 18.2 Å². The van der Waals surface area contributed by atoms with Crippen LogP contribution < -0.4 is 10.6 Å². The molecular formula is C13H19N3O2. The van der Waals surface area contributed by atoms with Gasteiger partial charge in [0.1, 0.15) is 5.82 Å². The first-order valence-electron chi connectivity index (χ1n) is 6.50. The van der Waals surface area contributed by atoms with Gasteiger partial charge in [-0.05, 0) is 12.1 Å². The number of hydrogen-bond acceptors (Lipinski definition) is 5. The zero-order valence-electron chi connectivity index (χ0n) is 10.5. The maximum atomic E-state index is 5.72. The van der Waals surface area contributed by atoms with Crippen LogP contribution in [0.5, 0.6) is 0 Å². The fourth-order valence-electron chi connectivity index (χ4n) is 2.62. The summed E-state index contributed by atoms with van der Waals surface area (Å²) in [6.07, 6.45) is 1.81. The van der Waals surface area contributed by atoms with Crippen molar-refractivity contribution < 1.29 is 9.47 Å². The van der Waals surface area contributed by atoms with Gasteiger partial charge in [-0.25, -0.2) is 4.98 Å². The molecule has 5 heteroatoms. The molecule has 2 fully saturated rings. The van der Waals surface area contributed by atoms with E-state index in [0.29, 0.717) is 6.54 Å². The maximum Gasteiger partial charge on any atom is 0.171 e. The predicted octanol–water partition coefficient (Wildman–Crippen LogP) is 0.884. The quantitative estimate of drug-likeness (QED) is 0.843. The Kier molecular flexibility index (Phi) is 3.20. The van der Waals surface area contributed by atoms with Gasteiger partial charge in [-0.2, -0.15) is 0 Å². The molecule has 5 nitrogen and oxygen atoms in total. The van der Waals surface area contributed by atoms with E-state index in [9.17, 15) is 0 Å². The van der Waals surface area contributed by atoms with Crippen LogP contribution in [0.1, 0.15) is 18.5 Å². The van der Waals surface area contributed by atoms with Gasteiger partial charge >= 0.3 is 0 Å². The minimum Gasteiger partial charge on any atom is -0.356 e. The van der Waals surface area contributed by atoms with Crippen molar-refractivity contribution in [1.29, 1.82) is 0 Å². The molecule has 0 aliphatic carbocycles. The number of aromatic nitrogens is 1. The Morgan fingerprint density at radius 2 is 1.94 bits per heavy atom. The molecule has 0 amide bonds. The lowest BCUT2D eigenvalue weighted by molar-refractivity contribution is -0.169. The Bertz CT molecular complexity index is 408. The third-order valence-electron chi connectivity index (χ3n) is 3.66. The van der Waals surface area contributed by atoms with Gasteiger partial charge in [0.15, 0.2) is 5.79 Å². The van der Waals surface area contributed by atoms with E-state index in [-0.39, 0.29) is 5.79 Å². The Labute approximate surface area is 107 Å². The lowest BCUT2D eigenvalue weighted by Gasteiger charge is -2.38. The zero-order chi connectivity index (χ0) is 12.4. The third kappa shape index (κ3) is 2.21. The van der Waals surface area contributed by atoms with Crippen molar-refractivity contribution in [2.75, 3.05) is 31.2 Å². The highest BCUT2D eigenvalue weighted by molar-refractivity contribution is 5.40. The van der Waals surface area contributed by atoms with Gasteiger partial charge in [-0.15, -0.1) is 0 Å². The number of piperidine rings is 1. The van der Waals surface area contributed by atoms with E-state index >= 15 is 0 Å². The van der Waals surface area contributed by atoms with Crippen molar-refractivity contribution in [3.8, 4) is 0 Å². The summed E-state index contributed by atoms with van der Waals surface area (Å²) < 4.78 is 11.4. The summed E-state index contributed by atoms with van der Waals surface area (Å²) in [5.74, 6) is 0.688. The molecule has 3 rings (SSSR count). The van der Waals surface area contributed by atoms with Crippen LogP contribution in [-0.4, -0.2) is 37.1 Å². The minimum atomic E-state index is -0.317. The molecule has 0 unspecified atom stereocenters. The van der Waals surface area contributed by atoms with E-state index in [0.717, 1.165) is 50.7 Å². The molecule has 0 atom stereocenters.